The van der Waals surface area contributed by atoms with E-state index in [1.54, 1.807) is 0 Å². The fourth-order valence-corrected chi connectivity index (χ4v) is 2.68. The van der Waals surface area contributed by atoms with Crippen molar-refractivity contribution in [3.63, 3.8) is 0 Å². The Balaban J connectivity index is 2.23. The number of aryl methyl sites for hydroxylation is 1. The predicted molar refractivity (Wildman–Crippen MR) is 95.1 cm³/mol. The maximum Gasteiger partial charge on any atom is 0.202 e. The van der Waals surface area contributed by atoms with Crippen LogP contribution in [0.3, 0.4) is 0 Å². The summed E-state index contributed by atoms with van der Waals surface area (Å²) in [6.45, 7) is 9.47. The maximum absolute atomic E-state index is 4.88. The Bertz CT molecular complexity index is 545. The number of allylic oxidation sites excluding steroid dienone is 1. The van der Waals surface area contributed by atoms with Gasteiger partial charge >= 0.3 is 0 Å². The van der Waals surface area contributed by atoms with Crippen LogP contribution in [0.4, 0.5) is 5.69 Å². The average Bonchev–Trinajstić information content (AvgIpc) is 2.50. The van der Waals surface area contributed by atoms with E-state index in [4.69, 9.17) is 4.99 Å². The molecule has 1 unspecified atom stereocenters. The van der Waals surface area contributed by atoms with Crippen molar-refractivity contribution in [2.45, 2.75) is 52.6 Å². The van der Waals surface area contributed by atoms with E-state index in [9.17, 15) is 0 Å². The van der Waals surface area contributed by atoms with Gasteiger partial charge in [-0.3, -0.25) is 5.32 Å². The molecule has 1 aromatic carbocycles. The molecule has 0 aromatic heterocycles. The second-order valence-corrected chi connectivity index (χ2v) is 5.80. The Kier molecular flexibility index (Phi) is 5.61. The molecule has 22 heavy (non-hydrogen) atoms. The van der Waals surface area contributed by atoms with Gasteiger partial charge in [-0.15, -0.1) is 0 Å². The number of rotatable bonds is 6. The van der Waals surface area contributed by atoms with Gasteiger partial charge in [0, 0.05) is 11.4 Å². The Morgan fingerprint density at radius 1 is 1.14 bits per heavy atom. The van der Waals surface area contributed by atoms with Crippen LogP contribution in [-0.2, 0) is 0 Å². The van der Waals surface area contributed by atoms with Crippen LogP contribution in [0, 0.1) is 6.92 Å². The lowest BCUT2D eigenvalue weighted by Crippen LogP contribution is -2.48. The molecule has 4 nitrogen and oxygen atoms in total. The van der Waals surface area contributed by atoms with E-state index in [2.05, 4.69) is 74.0 Å². The van der Waals surface area contributed by atoms with Gasteiger partial charge in [0.2, 0.25) is 5.96 Å². The third kappa shape index (κ3) is 4.10. The molecule has 0 saturated carbocycles. The highest BCUT2D eigenvalue weighted by Crippen LogP contribution is 2.22. The molecule has 0 amide bonds. The molecule has 0 spiro atoms. The summed E-state index contributed by atoms with van der Waals surface area (Å²) < 4.78 is 0. The van der Waals surface area contributed by atoms with Crippen LogP contribution in [0.1, 0.15) is 45.6 Å². The molecule has 1 aliphatic heterocycles. The molecule has 1 aliphatic rings. The van der Waals surface area contributed by atoms with Crippen molar-refractivity contribution in [3.8, 4) is 0 Å². The molecule has 3 N–H and O–H groups in total. The van der Waals surface area contributed by atoms with Crippen molar-refractivity contribution < 1.29 is 0 Å². The molecule has 120 valence electrons. The van der Waals surface area contributed by atoms with Crippen LogP contribution in [0.15, 0.2) is 41.0 Å². The number of aliphatic imine (C=N–C) groups is 1. The van der Waals surface area contributed by atoms with Crippen LogP contribution < -0.4 is 16.0 Å². The zero-order chi connectivity index (χ0) is 16.0. The minimum atomic E-state index is -0.308. The zero-order valence-electron chi connectivity index (χ0n) is 14.2. The third-order valence-corrected chi connectivity index (χ3v) is 3.86. The first-order valence-corrected chi connectivity index (χ1v) is 8.28. The van der Waals surface area contributed by atoms with Crippen molar-refractivity contribution in [2.24, 2.45) is 4.99 Å². The number of hydrogen-bond acceptors (Lipinski definition) is 4. The molecule has 0 fully saturated rings. The first-order valence-electron chi connectivity index (χ1n) is 8.28. The van der Waals surface area contributed by atoms with E-state index in [0.717, 1.165) is 37.5 Å². The summed E-state index contributed by atoms with van der Waals surface area (Å²) in [5, 5.41) is 10.3. The van der Waals surface area contributed by atoms with E-state index in [1.165, 1.54) is 11.3 Å². The van der Waals surface area contributed by atoms with Crippen LogP contribution in [-0.4, -0.2) is 18.2 Å². The number of anilines is 1. The summed E-state index contributed by atoms with van der Waals surface area (Å²) in [6, 6.07) is 8.37. The number of nitrogens with zero attached hydrogens (tertiary/aromatic N) is 1. The third-order valence-electron chi connectivity index (χ3n) is 3.86. The molecule has 4 heteroatoms. The van der Waals surface area contributed by atoms with E-state index >= 15 is 0 Å². The van der Waals surface area contributed by atoms with Crippen molar-refractivity contribution in [1.29, 1.82) is 0 Å². The Morgan fingerprint density at radius 2 is 1.86 bits per heavy atom. The highest BCUT2D eigenvalue weighted by molar-refractivity contribution is 5.95. The van der Waals surface area contributed by atoms with Crippen LogP contribution in [0.25, 0.3) is 0 Å². The average molecular weight is 300 g/mol. The molecule has 0 radical (unpaired) electrons. The van der Waals surface area contributed by atoms with Gasteiger partial charge < -0.3 is 10.6 Å². The molecular weight excluding hydrogens is 272 g/mol. The molecule has 2 rings (SSSR count). The monoisotopic (exact) mass is 300 g/mol. The lowest BCUT2D eigenvalue weighted by molar-refractivity contribution is 0.405. The lowest BCUT2D eigenvalue weighted by Gasteiger charge is -2.33. The van der Waals surface area contributed by atoms with Crippen LogP contribution in [0.2, 0.25) is 0 Å². The summed E-state index contributed by atoms with van der Waals surface area (Å²) in [5.41, 5.74) is 3.23. The highest BCUT2D eigenvalue weighted by atomic mass is 15.3. The maximum atomic E-state index is 4.88. The summed E-state index contributed by atoms with van der Waals surface area (Å²) >= 11 is 0. The molecule has 1 atom stereocenters. The molecular formula is C18H28N4. The summed E-state index contributed by atoms with van der Waals surface area (Å²) in [7, 11) is 0. The van der Waals surface area contributed by atoms with E-state index in [1.807, 2.05) is 0 Å². The fourth-order valence-electron chi connectivity index (χ4n) is 2.68. The van der Waals surface area contributed by atoms with E-state index < -0.39 is 0 Å². The molecule has 0 saturated heterocycles. The summed E-state index contributed by atoms with van der Waals surface area (Å²) in [6.07, 6.45) is 5.31. The number of likely N-dealkylation sites (N-methyl/N-ethyl adjacent to an activating group) is 1. The number of nitrogens with one attached hydrogen (secondary N) is 3. The van der Waals surface area contributed by atoms with Gasteiger partial charge in [0.1, 0.15) is 5.66 Å². The topological polar surface area (TPSA) is 48.5 Å². The lowest BCUT2D eigenvalue weighted by atomic mass is 10.0. The van der Waals surface area contributed by atoms with Crippen molar-refractivity contribution in [1.82, 2.24) is 10.6 Å². The van der Waals surface area contributed by atoms with Crippen molar-refractivity contribution >= 4 is 11.6 Å². The normalized spacial score (nSPS) is 20.9. The molecule has 0 bridgehead atoms. The Labute approximate surface area is 134 Å². The van der Waals surface area contributed by atoms with Gasteiger partial charge in [-0.2, -0.15) is 0 Å². The molecule has 1 heterocycles. The largest absolute Gasteiger partial charge is 0.330 e. The van der Waals surface area contributed by atoms with Crippen LogP contribution >= 0.6 is 0 Å². The van der Waals surface area contributed by atoms with Crippen molar-refractivity contribution in [2.75, 3.05) is 11.9 Å². The minimum Gasteiger partial charge on any atom is -0.330 e. The first-order chi connectivity index (χ1) is 10.6. The number of guanidine groups is 1. The molecule has 1 aromatic rings. The zero-order valence-corrected chi connectivity index (χ0v) is 14.2. The second kappa shape index (κ2) is 7.45. The van der Waals surface area contributed by atoms with E-state index in [-0.39, 0.29) is 5.66 Å². The van der Waals surface area contributed by atoms with Gasteiger partial charge in [0.05, 0.1) is 0 Å². The number of benzene rings is 1. The first kappa shape index (κ1) is 16.6. The number of hydrogen-bond donors (Lipinski definition) is 3. The molecule has 0 aliphatic carbocycles. The van der Waals surface area contributed by atoms with Gasteiger partial charge in [0.15, 0.2) is 0 Å². The quantitative estimate of drug-likeness (QED) is 0.749. The fraction of sp³-hybridized carbons (Fsp3) is 0.500. The smallest absolute Gasteiger partial charge is 0.202 e. The van der Waals surface area contributed by atoms with Gasteiger partial charge in [-0.1, -0.05) is 44.9 Å². The van der Waals surface area contributed by atoms with Gasteiger partial charge in [0.25, 0.3) is 0 Å². The minimum absolute atomic E-state index is 0.308. The Morgan fingerprint density at radius 3 is 2.45 bits per heavy atom. The highest BCUT2D eigenvalue weighted by Gasteiger charge is 2.28. The van der Waals surface area contributed by atoms with Crippen molar-refractivity contribution in [3.05, 3.63) is 41.6 Å². The van der Waals surface area contributed by atoms with Crippen LogP contribution in [0.5, 0.6) is 0 Å². The summed E-state index contributed by atoms with van der Waals surface area (Å²) in [4.78, 5) is 4.88. The summed E-state index contributed by atoms with van der Waals surface area (Å²) in [5.74, 6) is 0.817. The van der Waals surface area contributed by atoms with E-state index in [0.29, 0.717) is 0 Å². The predicted octanol–water partition coefficient (Wildman–Crippen LogP) is 3.77. The Hall–Kier alpha value is -1.81. The SMILES string of the molecule is CCCC1=CC(CC)(NCC)N=C(Nc2ccc(C)cc2)N1. The van der Waals surface area contributed by atoms with Gasteiger partial charge in [-0.05, 0) is 44.5 Å². The second-order valence-electron chi connectivity index (χ2n) is 5.80. The standard InChI is InChI=1S/C18H28N4/c1-5-8-16-13-18(6-2,19-7-3)22-17(21-16)20-15-11-9-14(4)10-12-15/h9-13,19H,5-8H2,1-4H3,(H2,20,21,22). The van der Waals surface area contributed by atoms with Gasteiger partial charge in [-0.25, -0.2) is 4.99 Å².